The lowest BCUT2D eigenvalue weighted by atomic mass is 10.2. The van der Waals surface area contributed by atoms with Crippen molar-refractivity contribution in [3.8, 4) is 0 Å². The maximum absolute atomic E-state index is 11.5. The molecule has 1 aliphatic heterocycles. The van der Waals surface area contributed by atoms with E-state index in [1.54, 1.807) is 0 Å². The fourth-order valence-corrected chi connectivity index (χ4v) is 1.95. The molecule has 0 aromatic rings. The summed E-state index contributed by atoms with van der Waals surface area (Å²) in [6, 6.07) is -0.372. The molecular formula is C13H26N2O3. The molecule has 5 nitrogen and oxygen atoms in total. The summed E-state index contributed by atoms with van der Waals surface area (Å²) < 4.78 is 10.9. The van der Waals surface area contributed by atoms with Crippen LogP contribution < -0.4 is 11.1 Å². The molecule has 0 radical (unpaired) electrons. The number of nitrogens with two attached hydrogens (primary N) is 1. The highest BCUT2D eigenvalue weighted by molar-refractivity contribution is 5.81. The summed E-state index contributed by atoms with van der Waals surface area (Å²) in [5, 5.41) is 2.82. The molecule has 1 rings (SSSR count). The van der Waals surface area contributed by atoms with Gasteiger partial charge >= 0.3 is 0 Å². The maximum atomic E-state index is 11.5. The van der Waals surface area contributed by atoms with E-state index in [9.17, 15) is 4.79 Å². The number of rotatable bonds is 9. The zero-order chi connectivity index (χ0) is 13.2. The normalized spacial score (nSPS) is 20.9. The molecule has 106 valence electrons. The van der Waals surface area contributed by atoms with Gasteiger partial charge in [0, 0.05) is 19.8 Å². The van der Waals surface area contributed by atoms with Gasteiger partial charge in [-0.2, -0.15) is 0 Å². The smallest absolute Gasteiger partial charge is 0.236 e. The Morgan fingerprint density at radius 1 is 1.61 bits per heavy atom. The van der Waals surface area contributed by atoms with Crippen LogP contribution in [0.15, 0.2) is 0 Å². The SMILES string of the molecule is CCCC(N)C(=O)NCCCOCC1CCCO1. The molecule has 2 atom stereocenters. The van der Waals surface area contributed by atoms with E-state index in [1.165, 1.54) is 0 Å². The zero-order valence-corrected chi connectivity index (χ0v) is 11.3. The molecule has 0 aliphatic carbocycles. The monoisotopic (exact) mass is 258 g/mol. The minimum atomic E-state index is -0.372. The van der Waals surface area contributed by atoms with E-state index in [0.717, 1.165) is 38.7 Å². The summed E-state index contributed by atoms with van der Waals surface area (Å²) in [5.41, 5.74) is 5.69. The standard InChI is InChI=1S/C13H26N2O3/c1-2-5-12(14)13(16)15-7-4-8-17-10-11-6-3-9-18-11/h11-12H,2-10,14H2,1H3,(H,15,16). The van der Waals surface area contributed by atoms with Gasteiger partial charge in [0.05, 0.1) is 18.8 Å². The third kappa shape index (κ3) is 6.33. The van der Waals surface area contributed by atoms with Gasteiger partial charge in [0.15, 0.2) is 0 Å². The lowest BCUT2D eigenvalue weighted by Crippen LogP contribution is -2.41. The van der Waals surface area contributed by atoms with Crippen molar-refractivity contribution in [2.45, 2.75) is 51.2 Å². The van der Waals surface area contributed by atoms with Crippen molar-refractivity contribution in [3.63, 3.8) is 0 Å². The number of nitrogens with one attached hydrogen (secondary N) is 1. The van der Waals surface area contributed by atoms with E-state index >= 15 is 0 Å². The molecule has 0 saturated carbocycles. The molecule has 0 aromatic heterocycles. The van der Waals surface area contributed by atoms with Crippen molar-refractivity contribution in [1.29, 1.82) is 0 Å². The van der Waals surface area contributed by atoms with Crippen LogP contribution in [0.5, 0.6) is 0 Å². The molecule has 2 unspecified atom stereocenters. The molecule has 0 spiro atoms. The highest BCUT2D eigenvalue weighted by Crippen LogP contribution is 2.11. The molecule has 5 heteroatoms. The van der Waals surface area contributed by atoms with E-state index in [4.69, 9.17) is 15.2 Å². The number of ether oxygens (including phenoxy) is 2. The summed E-state index contributed by atoms with van der Waals surface area (Å²) in [7, 11) is 0. The Hall–Kier alpha value is -0.650. The second kappa shape index (κ2) is 9.30. The van der Waals surface area contributed by atoms with E-state index in [-0.39, 0.29) is 18.1 Å². The summed E-state index contributed by atoms with van der Waals surface area (Å²) in [4.78, 5) is 11.5. The molecule has 0 aromatic carbocycles. The average Bonchev–Trinajstić information content (AvgIpc) is 2.86. The molecule has 3 N–H and O–H groups in total. The second-order valence-electron chi connectivity index (χ2n) is 4.75. The van der Waals surface area contributed by atoms with Crippen molar-refractivity contribution in [3.05, 3.63) is 0 Å². The van der Waals surface area contributed by atoms with Gasteiger partial charge in [-0.25, -0.2) is 0 Å². The highest BCUT2D eigenvalue weighted by atomic mass is 16.5. The van der Waals surface area contributed by atoms with E-state index < -0.39 is 0 Å². The predicted octanol–water partition coefficient (Wildman–Crippen LogP) is 0.816. The van der Waals surface area contributed by atoms with Gasteiger partial charge in [-0.3, -0.25) is 4.79 Å². The van der Waals surface area contributed by atoms with Gasteiger partial charge in [-0.05, 0) is 25.7 Å². The minimum absolute atomic E-state index is 0.0593. The van der Waals surface area contributed by atoms with Gasteiger partial charge in [-0.1, -0.05) is 13.3 Å². The molecule has 1 heterocycles. The Kier molecular flexibility index (Phi) is 7.96. The number of hydrogen-bond acceptors (Lipinski definition) is 4. The van der Waals surface area contributed by atoms with Crippen LogP contribution in [0.2, 0.25) is 0 Å². The van der Waals surface area contributed by atoms with Crippen molar-refractivity contribution in [2.75, 3.05) is 26.4 Å². The number of carbonyl (C=O) groups excluding carboxylic acids is 1. The molecule has 0 bridgehead atoms. The van der Waals surface area contributed by atoms with Crippen molar-refractivity contribution in [1.82, 2.24) is 5.32 Å². The lowest BCUT2D eigenvalue weighted by Gasteiger charge is -2.12. The fourth-order valence-electron chi connectivity index (χ4n) is 1.95. The van der Waals surface area contributed by atoms with Crippen LogP contribution in [0.4, 0.5) is 0 Å². The minimum Gasteiger partial charge on any atom is -0.379 e. The lowest BCUT2D eigenvalue weighted by molar-refractivity contribution is -0.122. The molecule has 1 amide bonds. The van der Waals surface area contributed by atoms with Crippen LogP contribution >= 0.6 is 0 Å². The average molecular weight is 258 g/mol. The van der Waals surface area contributed by atoms with Gasteiger partial charge < -0.3 is 20.5 Å². The Bertz CT molecular complexity index is 230. The molecule has 18 heavy (non-hydrogen) atoms. The topological polar surface area (TPSA) is 73.6 Å². The number of hydrogen-bond donors (Lipinski definition) is 2. The first-order valence-corrected chi connectivity index (χ1v) is 6.96. The van der Waals surface area contributed by atoms with Crippen LogP contribution in [-0.2, 0) is 14.3 Å². The molecule has 1 fully saturated rings. The van der Waals surface area contributed by atoms with Gasteiger partial charge in [-0.15, -0.1) is 0 Å². The summed E-state index contributed by atoms with van der Waals surface area (Å²) in [5.74, 6) is -0.0593. The molecular weight excluding hydrogens is 232 g/mol. The Labute approximate surface area is 109 Å². The zero-order valence-electron chi connectivity index (χ0n) is 11.3. The third-order valence-corrected chi connectivity index (χ3v) is 3.03. The van der Waals surface area contributed by atoms with Gasteiger partial charge in [0.2, 0.25) is 5.91 Å². The first-order chi connectivity index (χ1) is 8.74. The first kappa shape index (κ1) is 15.4. The van der Waals surface area contributed by atoms with E-state index in [2.05, 4.69) is 5.32 Å². The number of carbonyl (C=O) groups is 1. The quantitative estimate of drug-likeness (QED) is 0.600. The first-order valence-electron chi connectivity index (χ1n) is 6.96. The van der Waals surface area contributed by atoms with Crippen molar-refractivity contribution in [2.24, 2.45) is 5.73 Å². The maximum Gasteiger partial charge on any atom is 0.236 e. The fraction of sp³-hybridized carbons (Fsp3) is 0.923. The van der Waals surface area contributed by atoms with Crippen molar-refractivity contribution < 1.29 is 14.3 Å². The summed E-state index contributed by atoms with van der Waals surface area (Å²) >= 11 is 0. The van der Waals surface area contributed by atoms with Gasteiger partial charge in [0.1, 0.15) is 0 Å². The van der Waals surface area contributed by atoms with Crippen LogP contribution in [0.25, 0.3) is 0 Å². The largest absolute Gasteiger partial charge is 0.379 e. The van der Waals surface area contributed by atoms with E-state index in [1.807, 2.05) is 6.92 Å². The third-order valence-electron chi connectivity index (χ3n) is 3.03. The van der Waals surface area contributed by atoms with Crippen LogP contribution in [0.1, 0.15) is 39.0 Å². The van der Waals surface area contributed by atoms with Gasteiger partial charge in [0.25, 0.3) is 0 Å². The summed E-state index contributed by atoms with van der Waals surface area (Å²) in [6.45, 7) is 4.83. The van der Waals surface area contributed by atoms with Crippen molar-refractivity contribution >= 4 is 5.91 Å². The van der Waals surface area contributed by atoms with Crippen LogP contribution in [0, 0.1) is 0 Å². The Balaban J connectivity index is 1.89. The van der Waals surface area contributed by atoms with Crippen LogP contribution in [-0.4, -0.2) is 44.4 Å². The second-order valence-corrected chi connectivity index (χ2v) is 4.75. The highest BCUT2D eigenvalue weighted by Gasteiger charge is 2.15. The molecule has 1 saturated heterocycles. The summed E-state index contributed by atoms with van der Waals surface area (Å²) in [6.07, 6.45) is 5.00. The predicted molar refractivity (Wildman–Crippen MR) is 70.3 cm³/mol. The number of amides is 1. The van der Waals surface area contributed by atoms with Crippen LogP contribution in [0.3, 0.4) is 0 Å². The Morgan fingerprint density at radius 3 is 3.11 bits per heavy atom. The van der Waals surface area contributed by atoms with E-state index in [0.29, 0.717) is 19.8 Å². The Morgan fingerprint density at radius 2 is 2.44 bits per heavy atom. The molecule has 1 aliphatic rings.